The van der Waals surface area contributed by atoms with E-state index >= 15 is 0 Å². The van der Waals surface area contributed by atoms with Crippen molar-refractivity contribution in [3.05, 3.63) is 70.0 Å². The van der Waals surface area contributed by atoms with Gasteiger partial charge in [-0.2, -0.15) is 0 Å². The SMILES string of the molecule is CC[C@]1(c2ccccc2)NC(=O)N(CC(=O)Nc2cc([N+](=O)[O-])ccc2F)C1=O. The summed E-state index contributed by atoms with van der Waals surface area (Å²) in [6.45, 7) is 1.06. The van der Waals surface area contributed by atoms with Gasteiger partial charge in [-0.1, -0.05) is 37.3 Å². The minimum absolute atomic E-state index is 0.263. The predicted octanol–water partition coefficient (Wildman–Crippen LogP) is 2.53. The van der Waals surface area contributed by atoms with Gasteiger partial charge < -0.3 is 10.6 Å². The van der Waals surface area contributed by atoms with E-state index in [-0.39, 0.29) is 6.42 Å². The number of hydrogen-bond acceptors (Lipinski definition) is 5. The summed E-state index contributed by atoms with van der Waals surface area (Å²) >= 11 is 0. The van der Waals surface area contributed by atoms with E-state index in [1.54, 1.807) is 37.3 Å². The van der Waals surface area contributed by atoms with Gasteiger partial charge in [0.25, 0.3) is 11.6 Å². The molecule has 1 saturated heterocycles. The number of carbonyl (C=O) groups excluding carboxylic acids is 3. The lowest BCUT2D eigenvalue weighted by molar-refractivity contribution is -0.384. The zero-order valence-corrected chi connectivity index (χ0v) is 15.3. The van der Waals surface area contributed by atoms with Crippen molar-refractivity contribution in [1.29, 1.82) is 0 Å². The first-order chi connectivity index (χ1) is 13.8. The van der Waals surface area contributed by atoms with Crippen molar-refractivity contribution in [3.8, 4) is 0 Å². The fraction of sp³-hybridized carbons (Fsp3) is 0.211. The lowest BCUT2D eigenvalue weighted by Crippen LogP contribution is -2.44. The maximum atomic E-state index is 13.9. The molecule has 0 aliphatic carbocycles. The van der Waals surface area contributed by atoms with E-state index in [2.05, 4.69) is 10.6 Å². The van der Waals surface area contributed by atoms with Crippen LogP contribution in [0.3, 0.4) is 0 Å². The van der Waals surface area contributed by atoms with Crippen molar-refractivity contribution in [3.63, 3.8) is 0 Å². The van der Waals surface area contributed by atoms with Crippen molar-refractivity contribution >= 4 is 29.2 Å². The Kier molecular flexibility index (Phi) is 5.26. The summed E-state index contributed by atoms with van der Waals surface area (Å²) < 4.78 is 13.9. The van der Waals surface area contributed by atoms with Gasteiger partial charge in [0.15, 0.2) is 0 Å². The third-order valence-corrected chi connectivity index (χ3v) is 4.71. The Bertz CT molecular complexity index is 997. The Morgan fingerprint density at radius 1 is 1.24 bits per heavy atom. The first kappa shape index (κ1) is 19.9. The van der Waals surface area contributed by atoms with Crippen LogP contribution in [0.2, 0.25) is 0 Å². The highest BCUT2D eigenvalue weighted by molar-refractivity contribution is 6.10. The molecule has 1 fully saturated rings. The second kappa shape index (κ2) is 7.66. The zero-order valence-electron chi connectivity index (χ0n) is 15.3. The Morgan fingerprint density at radius 3 is 2.55 bits per heavy atom. The number of carbonyl (C=O) groups is 3. The maximum absolute atomic E-state index is 13.9. The van der Waals surface area contributed by atoms with Gasteiger partial charge in [-0.25, -0.2) is 9.18 Å². The molecular formula is C19H17FN4O5. The maximum Gasteiger partial charge on any atom is 0.325 e. The Hall–Kier alpha value is -3.82. The van der Waals surface area contributed by atoms with E-state index in [1.165, 1.54) is 0 Å². The average molecular weight is 400 g/mol. The number of anilines is 1. The first-order valence-electron chi connectivity index (χ1n) is 8.72. The molecule has 0 saturated carbocycles. The molecule has 2 aromatic carbocycles. The molecule has 0 unspecified atom stereocenters. The van der Waals surface area contributed by atoms with Crippen LogP contribution in [0.5, 0.6) is 0 Å². The molecule has 4 amide bonds. The van der Waals surface area contributed by atoms with Crippen LogP contribution < -0.4 is 10.6 Å². The molecule has 1 heterocycles. The van der Waals surface area contributed by atoms with Crippen LogP contribution in [0.25, 0.3) is 0 Å². The Morgan fingerprint density at radius 2 is 1.93 bits per heavy atom. The van der Waals surface area contributed by atoms with Gasteiger partial charge in [0.2, 0.25) is 5.91 Å². The highest BCUT2D eigenvalue weighted by Gasteiger charge is 2.51. The van der Waals surface area contributed by atoms with E-state index in [9.17, 15) is 28.9 Å². The molecule has 1 aliphatic rings. The van der Waals surface area contributed by atoms with E-state index in [1.807, 2.05) is 0 Å². The number of nitrogens with one attached hydrogen (secondary N) is 2. The lowest BCUT2D eigenvalue weighted by atomic mass is 9.87. The number of urea groups is 1. The fourth-order valence-corrected chi connectivity index (χ4v) is 3.19. The van der Waals surface area contributed by atoms with Crippen molar-refractivity contribution < 1.29 is 23.7 Å². The normalized spacial score (nSPS) is 18.5. The first-order valence-corrected chi connectivity index (χ1v) is 8.72. The number of rotatable bonds is 6. The third kappa shape index (κ3) is 3.64. The van der Waals surface area contributed by atoms with E-state index in [4.69, 9.17) is 0 Å². The minimum Gasteiger partial charge on any atom is -0.322 e. The van der Waals surface area contributed by atoms with Crippen LogP contribution >= 0.6 is 0 Å². The van der Waals surface area contributed by atoms with Gasteiger partial charge in [-0.05, 0) is 18.1 Å². The van der Waals surface area contributed by atoms with Crippen molar-refractivity contribution in [2.75, 3.05) is 11.9 Å². The molecule has 150 valence electrons. The number of benzene rings is 2. The number of imide groups is 1. The van der Waals surface area contributed by atoms with Crippen LogP contribution in [0.15, 0.2) is 48.5 Å². The smallest absolute Gasteiger partial charge is 0.322 e. The molecule has 2 aromatic rings. The summed E-state index contributed by atoms with van der Waals surface area (Å²) in [5, 5.41) is 15.6. The van der Waals surface area contributed by atoms with Gasteiger partial charge in [-0.15, -0.1) is 0 Å². The highest BCUT2D eigenvalue weighted by atomic mass is 19.1. The van der Waals surface area contributed by atoms with E-state index in [0.29, 0.717) is 5.56 Å². The van der Waals surface area contributed by atoms with Crippen molar-refractivity contribution in [2.24, 2.45) is 0 Å². The number of nitrogens with zero attached hydrogens (tertiary/aromatic N) is 2. The molecule has 0 aromatic heterocycles. The van der Waals surface area contributed by atoms with E-state index < -0.39 is 52.0 Å². The summed E-state index contributed by atoms with van der Waals surface area (Å²) in [6, 6.07) is 10.5. The molecule has 3 rings (SSSR count). The molecule has 10 heteroatoms. The second-order valence-corrected chi connectivity index (χ2v) is 6.42. The average Bonchev–Trinajstić information content (AvgIpc) is 2.95. The largest absolute Gasteiger partial charge is 0.325 e. The fourth-order valence-electron chi connectivity index (χ4n) is 3.19. The monoisotopic (exact) mass is 400 g/mol. The summed E-state index contributed by atoms with van der Waals surface area (Å²) in [5.41, 5.74) is -1.55. The van der Waals surface area contributed by atoms with Crippen molar-refractivity contribution in [1.82, 2.24) is 10.2 Å². The molecule has 2 N–H and O–H groups in total. The van der Waals surface area contributed by atoms with Crippen LogP contribution in [-0.4, -0.2) is 34.2 Å². The molecule has 0 spiro atoms. The zero-order chi connectivity index (χ0) is 21.2. The summed E-state index contributed by atoms with van der Waals surface area (Å²) in [4.78, 5) is 48.5. The number of nitro benzene ring substituents is 1. The summed E-state index contributed by atoms with van der Waals surface area (Å²) in [7, 11) is 0. The minimum atomic E-state index is -1.30. The van der Waals surface area contributed by atoms with Gasteiger partial charge in [0.1, 0.15) is 17.9 Å². The molecule has 9 nitrogen and oxygen atoms in total. The number of amides is 4. The van der Waals surface area contributed by atoms with Crippen LogP contribution in [0.4, 0.5) is 20.6 Å². The molecule has 29 heavy (non-hydrogen) atoms. The van der Waals surface area contributed by atoms with Gasteiger partial charge >= 0.3 is 6.03 Å². The van der Waals surface area contributed by atoms with Crippen molar-refractivity contribution in [2.45, 2.75) is 18.9 Å². The predicted molar refractivity (Wildman–Crippen MR) is 100 cm³/mol. The molecule has 1 atom stereocenters. The number of halogens is 1. The lowest BCUT2D eigenvalue weighted by Gasteiger charge is -2.25. The van der Waals surface area contributed by atoms with Crippen LogP contribution in [0.1, 0.15) is 18.9 Å². The second-order valence-electron chi connectivity index (χ2n) is 6.42. The highest BCUT2D eigenvalue weighted by Crippen LogP contribution is 2.32. The standard InChI is InChI=1S/C19H17FN4O5/c1-2-19(12-6-4-3-5-7-12)17(26)23(18(27)22-19)11-16(25)21-15-10-13(24(28)29)8-9-14(15)20/h3-10H,2,11H2,1H3,(H,21,25)(H,22,27)/t19-/m1/s1. The van der Waals surface area contributed by atoms with Gasteiger partial charge in [-0.3, -0.25) is 24.6 Å². The summed E-state index contributed by atoms with van der Waals surface area (Å²) in [5.74, 6) is -2.35. The van der Waals surface area contributed by atoms with E-state index in [0.717, 1.165) is 23.1 Å². The Balaban J connectivity index is 1.79. The number of hydrogen-bond donors (Lipinski definition) is 2. The van der Waals surface area contributed by atoms with Crippen LogP contribution in [-0.2, 0) is 15.1 Å². The molecular weight excluding hydrogens is 383 g/mol. The Labute approximate surface area is 164 Å². The van der Waals surface area contributed by atoms with Crippen LogP contribution in [0, 0.1) is 15.9 Å². The molecule has 0 radical (unpaired) electrons. The van der Waals surface area contributed by atoms with Gasteiger partial charge in [0.05, 0.1) is 10.6 Å². The number of nitro groups is 1. The van der Waals surface area contributed by atoms with Gasteiger partial charge in [0, 0.05) is 12.1 Å². The molecule has 1 aliphatic heterocycles. The topological polar surface area (TPSA) is 122 Å². The summed E-state index contributed by atoms with van der Waals surface area (Å²) in [6.07, 6.45) is 0.263. The number of non-ortho nitro benzene ring substituents is 1. The molecule has 0 bridgehead atoms. The quantitative estimate of drug-likeness (QED) is 0.438. The third-order valence-electron chi connectivity index (χ3n) is 4.71.